The van der Waals surface area contributed by atoms with Gasteiger partial charge in [-0.25, -0.2) is 4.39 Å². The van der Waals surface area contributed by atoms with Gasteiger partial charge in [0.25, 0.3) is 0 Å². The van der Waals surface area contributed by atoms with E-state index in [0.717, 1.165) is 18.2 Å². The van der Waals surface area contributed by atoms with E-state index in [1.54, 1.807) is 0 Å². The molecule has 1 saturated carbocycles. The number of halogens is 4. The fraction of sp³-hybridized carbons (Fsp3) is 0.467. The maximum absolute atomic E-state index is 13.2. The molecule has 0 atom stereocenters. The molecule has 24 heavy (non-hydrogen) atoms. The highest BCUT2D eigenvalue weighted by atomic mass is 19.4. The van der Waals surface area contributed by atoms with Crippen molar-refractivity contribution in [3.63, 3.8) is 0 Å². The lowest BCUT2D eigenvalue weighted by molar-refractivity contribution is -0.157. The maximum atomic E-state index is 13.2. The Hall–Kier alpha value is -2.32. The van der Waals surface area contributed by atoms with Gasteiger partial charge < -0.3 is 15.2 Å². The molecule has 0 aromatic heterocycles. The Kier molecular flexibility index (Phi) is 5.00. The molecule has 0 spiro atoms. The van der Waals surface area contributed by atoms with Crippen molar-refractivity contribution in [2.24, 2.45) is 5.41 Å². The fourth-order valence-electron chi connectivity index (χ4n) is 2.45. The second-order valence-corrected chi connectivity index (χ2v) is 5.71. The van der Waals surface area contributed by atoms with E-state index in [9.17, 15) is 32.3 Å². The summed E-state index contributed by atoms with van der Waals surface area (Å²) in [5.74, 6) is -3.07. The van der Waals surface area contributed by atoms with Gasteiger partial charge in [-0.3, -0.25) is 9.59 Å². The SMILES string of the molecule is O=C(CC1(C(=O)O)CCC1)Nc1ccc(F)cc1OCC(F)(F)F. The molecule has 5 nitrogen and oxygen atoms in total. The first-order chi connectivity index (χ1) is 11.1. The molecular formula is C15H15F4NO4. The maximum Gasteiger partial charge on any atom is 0.422 e. The van der Waals surface area contributed by atoms with Gasteiger partial charge >= 0.3 is 12.1 Å². The standard InChI is InChI=1S/C15H15F4NO4/c16-9-2-3-10(11(6-9)24-8-15(17,18)19)20-12(21)7-14(13(22)23)4-1-5-14/h2-3,6H,1,4-5,7-8H2,(H,20,21)(H,22,23). The van der Waals surface area contributed by atoms with Gasteiger partial charge in [-0.15, -0.1) is 0 Å². The minimum atomic E-state index is -4.62. The quantitative estimate of drug-likeness (QED) is 0.773. The van der Waals surface area contributed by atoms with Crippen LogP contribution in [0.5, 0.6) is 5.75 Å². The van der Waals surface area contributed by atoms with Crippen molar-refractivity contribution in [3.05, 3.63) is 24.0 Å². The normalized spacial score (nSPS) is 16.2. The largest absolute Gasteiger partial charge is 0.482 e. The van der Waals surface area contributed by atoms with Crippen molar-refractivity contribution in [3.8, 4) is 5.75 Å². The van der Waals surface area contributed by atoms with E-state index in [1.807, 2.05) is 0 Å². The number of rotatable bonds is 6. The van der Waals surface area contributed by atoms with Gasteiger partial charge in [0.2, 0.25) is 5.91 Å². The molecule has 1 aromatic rings. The van der Waals surface area contributed by atoms with Crippen LogP contribution in [0.3, 0.4) is 0 Å². The van der Waals surface area contributed by atoms with Crippen LogP contribution in [0.2, 0.25) is 0 Å². The molecule has 1 aliphatic rings. The molecule has 2 N–H and O–H groups in total. The number of carbonyl (C=O) groups is 2. The van der Waals surface area contributed by atoms with E-state index >= 15 is 0 Å². The molecule has 2 rings (SSSR count). The topological polar surface area (TPSA) is 75.6 Å². The third-order valence-corrected chi connectivity index (χ3v) is 3.87. The zero-order chi connectivity index (χ0) is 18.0. The van der Waals surface area contributed by atoms with Crippen LogP contribution in [-0.2, 0) is 9.59 Å². The lowest BCUT2D eigenvalue weighted by Crippen LogP contribution is -2.41. The van der Waals surface area contributed by atoms with E-state index in [1.165, 1.54) is 0 Å². The van der Waals surface area contributed by atoms with Gasteiger partial charge in [0.15, 0.2) is 6.61 Å². The molecule has 1 aliphatic carbocycles. The van der Waals surface area contributed by atoms with E-state index in [0.29, 0.717) is 19.3 Å². The number of anilines is 1. The summed E-state index contributed by atoms with van der Waals surface area (Å²) >= 11 is 0. The number of alkyl halides is 3. The number of amides is 1. The lowest BCUT2D eigenvalue weighted by atomic mass is 9.66. The highest BCUT2D eigenvalue weighted by molar-refractivity contribution is 5.95. The molecule has 132 valence electrons. The van der Waals surface area contributed by atoms with E-state index in [2.05, 4.69) is 10.1 Å². The molecule has 1 amide bonds. The molecule has 0 unspecified atom stereocenters. The van der Waals surface area contributed by atoms with Crippen LogP contribution < -0.4 is 10.1 Å². The van der Waals surface area contributed by atoms with Crippen molar-refractivity contribution >= 4 is 17.6 Å². The predicted molar refractivity (Wildman–Crippen MR) is 75.1 cm³/mol. The van der Waals surface area contributed by atoms with Crippen LogP contribution in [0.25, 0.3) is 0 Å². The molecule has 0 aliphatic heterocycles. The molecule has 0 radical (unpaired) electrons. The third kappa shape index (κ3) is 4.36. The number of carboxylic acids is 1. The number of ether oxygens (including phenoxy) is 1. The predicted octanol–water partition coefficient (Wildman–Crippen LogP) is 3.35. The first kappa shape index (κ1) is 18.0. The van der Waals surface area contributed by atoms with Crippen molar-refractivity contribution in [1.82, 2.24) is 0 Å². The second-order valence-electron chi connectivity index (χ2n) is 5.71. The highest BCUT2D eigenvalue weighted by Gasteiger charge is 2.46. The van der Waals surface area contributed by atoms with Gasteiger partial charge in [0.05, 0.1) is 11.1 Å². The van der Waals surface area contributed by atoms with Crippen LogP contribution in [0.1, 0.15) is 25.7 Å². The average molecular weight is 349 g/mol. The first-order valence-corrected chi connectivity index (χ1v) is 7.14. The number of hydrogen-bond acceptors (Lipinski definition) is 3. The highest BCUT2D eigenvalue weighted by Crippen LogP contribution is 2.44. The van der Waals surface area contributed by atoms with Crippen LogP contribution in [0.15, 0.2) is 18.2 Å². The first-order valence-electron chi connectivity index (χ1n) is 7.14. The summed E-state index contributed by atoms with van der Waals surface area (Å²) in [6.45, 7) is -1.64. The van der Waals surface area contributed by atoms with Crippen molar-refractivity contribution in [2.75, 3.05) is 11.9 Å². The van der Waals surface area contributed by atoms with Gasteiger partial charge in [0, 0.05) is 12.5 Å². The monoisotopic (exact) mass is 349 g/mol. The summed E-state index contributed by atoms with van der Waals surface area (Å²) in [7, 11) is 0. The Labute approximate surface area is 134 Å². The molecular weight excluding hydrogens is 334 g/mol. The summed E-state index contributed by atoms with van der Waals surface area (Å²) < 4.78 is 54.4. The van der Waals surface area contributed by atoms with Crippen LogP contribution >= 0.6 is 0 Å². The second kappa shape index (κ2) is 6.66. The Morgan fingerprint density at radius 3 is 2.46 bits per heavy atom. The van der Waals surface area contributed by atoms with E-state index in [-0.39, 0.29) is 12.1 Å². The molecule has 1 aromatic carbocycles. The summed E-state index contributed by atoms with van der Waals surface area (Å²) in [6.07, 6.45) is -3.52. The van der Waals surface area contributed by atoms with Crippen LogP contribution in [0, 0.1) is 11.2 Å². The van der Waals surface area contributed by atoms with Gasteiger partial charge in [0.1, 0.15) is 11.6 Å². The molecule has 0 saturated heterocycles. The lowest BCUT2D eigenvalue weighted by Gasteiger charge is -2.36. The molecule has 0 bridgehead atoms. The molecule has 1 fully saturated rings. The summed E-state index contributed by atoms with van der Waals surface area (Å²) in [5, 5.41) is 11.5. The van der Waals surface area contributed by atoms with Crippen molar-refractivity contribution in [2.45, 2.75) is 31.9 Å². The summed E-state index contributed by atoms with van der Waals surface area (Å²) in [5.41, 5.74) is -1.29. The van der Waals surface area contributed by atoms with Crippen LogP contribution in [-0.4, -0.2) is 29.8 Å². The Bertz CT molecular complexity index is 641. The van der Waals surface area contributed by atoms with Gasteiger partial charge in [-0.2, -0.15) is 13.2 Å². The zero-order valence-corrected chi connectivity index (χ0v) is 12.5. The molecule has 0 heterocycles. The van der Waals surface area contributed by atoms with Gasteiger partial charge in [-0.1, -0.05) is 6.42 Å². The fourth-order valence-corrected chi connectivity index (χ4v) is 2.45. The Morgan fingerprint density at radius 2 is 1.96 bits per heavy atom. The number of nitrogens with one attached hydrogen (secondary N) is 1. The van der Waals surface area contributed by atoms with E-state index < -0.39 is 41.6 Å². The zero-order valence-electron chi connectivity index (χ0n) is 12.5. The minimum absolute atomic E-state index is 0.148. The number of aliphatic carboxylic acids is 1. The van der Waals surface area contributed by atoms with Crippen LogP contribution in [0.4, 0.5) is 23.2 Å². The minimum Gasteiger partial charge on any atom is -0.482 e. The van der Waals surface area contributed by atoms with Crippen molar-refractivity contribution < 1.29 is 37.0 Å². The Balaban J connectivity index is 2.08. The van der Waals surface area contributed by atoms with E-state index in [4.69, 9.17) is 0 Å². The number of hydrogen-bond donors (Lipinski definition) is 2. The third-order valence-electron chi connectivity index (χ3n) is 3.87. The van der Waals surface area contributed by atoms with Gasteiger partial charge in [-0.05, 0) is 25.0 Å². The van der Waals surface area contributed by atoms with Crippen molar-refractivity contribution in [1.29, 1.82) is 0 Å². The summed E-state index contributed by atoms with van der Waals surface area (Å²) in [4.78, 5) is 23.3. The molecule has 9 heteroatoms. The number of carboxylic acid groups (broad SMARTS) is 1. The summed E-state index contributed by atoms with van der Waals surface area (Å²) in [6, 6.07) is 2.73. The number of benzene rings is 1. The average Bonchev–Trinajstić information content (AvgIpc) is 2.42. The smallest absolute Gasteiger partial charge is 0.422 e. The Morgan fingerprint density at radius 1 is 1.29 bits per heavy atom. The number of carbonyl (C=O) groups excluding carboxylic acids is 1.